The maximum Gasteiger partial charge on any atom is 0.305 e. The van der Waals surface area contributed by atoms with E-state index in [-0.39, 0.29) is 57.8 Å². The fourth-order valence-corrected chi connectivity index (χ4v) is 4.20. The van der Waals surface area contributed by atoms with Gasteiger partial charge in [0.2, 0.25) is 5.91 Å². The van der Waals surface area contributed by atoms with Crippen LogP contribution in [0.3, 0.4) is 0 Å². The van der Waals surface area contributed by atoms with Crippen LogP contribution in [0.4, 0.5) is 0 Å². The highest BCUT2D eigenvalue weighted by atomic mass is 16.5. The Bertz CT molecular complexity index is 592. The van der Waals surface area contributed by atoms with E-state index in [0.29, 0.717) is 6.42 Å². The van der Waals surface area contributed by atoms with Crippen molar-refractivity contribution in [2.75, 3.05) is 45.9 Å². The molecule has 1 fully saturated rings. The number of rotatable bonds is 20. The molecule has 2 N–H and O–H groups in total. The normalized spacial score (nSPS) is 17.9. The second-order valence-electron chi connectivity index (χ2n) is 9.56. The number of ether oxygens (including phenoxy) is 2. The van der Waals surface area contributed by atoms with Crippen LogP contribution in [0, 0.1) is 0 Å². The molecular formula is C26H48N2O7. The molecule has 1 saturated heterocycles. The predicted octanol–water partition coefficient (Wildman–Crippen LogP) is 2.66. The van der Waals surface area contributed by atoms with Gasteiger partial charge in [-0.1, -0.05) is 71.1 Å². The van der Waals surface area contributed by atoms with Crippen LogP contribution in [0.15, 0.2) is 0 Å². The summed E-state index contributed by atoms with van der Waals surface area (Å²) in [6.45, 7) is 4.52. The quantitative estimate of drug-likeness (QED) is 0.194. The fraction of sp³-hybridized carbons (Fsp3) is 0.885. The Hall–Kier alpha value is -1.71. The van der Waals surface area contributed by atoms with Crippen LogP contribution in [-0.4, -0.2) is 96.0 Å². The minimum Gasteiger partial charge on any atom is -0.464 e. The van der Waals surface area contributed by atoms with E-state index in [0.717, 1.165) is 19.3 Å². The van der Waals surface area contributed by atoms with Crippen molar-refractivity contribution >= 4 is 17.8 Å². The molecule has 1 heterocycles. The van der Waals surface area contributed by atoms with Gasteiger partial charge in [0.1, 0.15) is 13.2 Å². The molecule has 204 valence electrons. The third kappa shape index (κ3) is 15.8. The molecule has 0 bridgehead atoms. The summed E-state index contributed by atoms with van der Waals surface area (Å²) in [6, 6.07) is 0. The molecule has 1 amide bonds. The number of nitrogens with zero attached hydrogens (tertiary/aromatic N) is 2. The SMILES string of the molecule is CCCCCCCCCCCCCC(=O)OCCN(CCOC(C)=O)C(=O)CN1C[C@H](O)[C@@H](O)C1. The van der Waals surface area contributed by atoms with Gasteiger partial charge in [0, 0.05) is 26.4 Å². The highest BCUT2D eigenvalue weighted by molar-refractivity contribution is 5.78. The van der Waals surface area contributed by atoms with Gasteiger partial charge in [-0.05, 0) is 6.42 Å². The number of amides is 1. The molecule has 1 aliphatic heterocycles. The van der Waals surface area contributed by atoms with Gasteiger partial charge < -0.3 is 24.6 Å². The molecule has 35 heavy (non-hydrogen) atoms. The van der Waals surface area contributed by atoms with Crippen molar-refractivity contribution in [3.8, 4) is 0 Å². The summed E-state index contributed by atoms with van der Waals surface area (Å²) in [6.07, 6.45) is 12.0. The minimum absolute atomic E-state index is 0.0286. The van der Waals surface area contributed by atoms with Crippen molar-refractivity contribution in [1.82, 2.24) is 9.80 Å². The molecule has 2 atom stereocenters. The van der Waals surface area contributed by atoms with Gasteiger partial charge in [-0.2, -0.15) is 0 Å². The molecule has 0 unspecified atom stereocenters. The first-order valence-electron chi connectivity index (χ1n) is 13.5. The van der Waals surface area contributed by atoms with Crippen LogP contribution in [0.25, 0.3) is 0 Å². The zero-order valence-electron chi connectivity index (χ0n) is 21.9. The van der Waals surface area contributed by atoms with Crippen molar-refractivity contribution in [3.05, 3.63) is 0 Å². The van der Waals surface area contributed by atoms with E-state index < -0.39 is 18.2 Å². The Morgan fingerprint density at radius 2 is 1.29 bits per heavy atom. The molecule has 1 aliphatic rings. The smallest absolute Gasteiger partial charge is 0.305 e. The van der Waals surface area contributed by atoms with Crippen LogP contribution in [0.2, 0.25) is 0 Å². The van der Waals surface area contributed by atoms with Gasteiger partial charge >= 0.3 is 11.9 Å². The molecule has 0 spiro atoms. The van der Waals surface area contributed by atoms with E-state index in [1.54, 1.807) is 4.90 Å². The highest BCUT2D eigenvalue weighted by Crippen LogP contribution is 2.12. The summed E-state index contributed by atoms with van der Waals surface area (Å²) < 4.78 is 10.3. The molecule has 0 saturated carbocycles. The van der Waals surface area contributed by atoms with E-state index in [2.05, 4.69) is 6.92 Å². The maximum atomic E-state index is 12.7. The third-order valence-electron chi connectivity index (χ3n) is 6.32. The second kappa shape index (κ2) is 19.5. The van der Waals surface area contributed by atoms with Crippen LogP contribution in [0.5, 0.6) is 0 Å². The van der Waals surface area contributed by atoms with Crippen molar-refractivity contribution in [1.29, 1.82) is 0 Å². The topological polar surface area (TPSA) is 117 Å². The van der Waals surface area contributed by atoms with Crippen LogP contribution in [0.1, 0.15) is 90.9 Å². The van der Waals surface area contributed by atoms with E-state index in [9.17, 15) is 24.6 Å². The first-order valence-corrected chi connectivity index (χ1v) is 13.5. The van der Waals surface area contributed by atoms with Gasteiger partial charge in [-0.3, -0.25) is 19.3 Å². The van der Waals surface area contributed by atoms with Gasteiger partial charge in [0.15, 0.2) is 0 Å². The largest absolute Gasteiger partial charge is 0.464 e. The highest BCUT2D eigenvalue weighted by Gasteiger charge is 2.31. The molecule has 9 nitrogen and oxygen atoms in total. The van der Waals surface area contributed by atoms with Gasteiger partial charge in [-0.15, -0.1) is 0 Å². The van der Waals surface area contributed by atoms with Crippen molar-refractivity contribution in [2.45, 2.75) is 103 Å². The summed E-state index contributed by atoms with van der Waals surface area (Å²) in [4.78, 5) is 38.9. The number of hydrogen-bond donors (Lipinski definition) is 2. The number of aliphatic hydroxyl groups excluding tert-OH is 2. The Morgan fingerprint density at radius 1 is 0.800 bits per heavy atom. The summed E-state index contributed by atoms with van der Waals surface area (Å²) in [5, 5.41) is 19.3. The standard InChI is InChI=1S/C26H48N2O7/c1-3-4-5-6-7-8-9-10-11-12-13-14-26(33)35-18-16-28(15-17-34-22(2)29)25(32)21-27-19-23(30)24(31)20-27/h23-24,30-31H,3-21H2,1-2H3/t23-,24-/m0/s1. The number of carbonyl (C=O) groups excluding carboxylic acids is 3. The average molecular weight is 501 g/mol. The lowest BCUT2D eigenvalue weighted by Crippen LogP contribution is -2.43. The molecule has 1 rings (SSSR count). The first-order chi connectivity index (χ1) is 16.8. The number of esters is 2. The Morgan fingerprint density at radius 3 is 1.80 bits per heavy atom. The van der Waals surface area contributed by atoms with Crippen molar-refractivity contribution < 1.29 is 34.1 Å². The zero-order chi connectivity index (χ0) is 25.9. The summed E-state index contributed by atoms with van der Waals surface area (Å²) in [5.74, 6) is -0.930. The summed E-state index contributed by atoms with van der Waals surface area (Å²) >= 11 is 0. The second-order valence-corrected chi connectivity index (χ2v) is 9.56. The monoisotopic (exact) mass is 500 g/mol. The fourth-order valence-electron chi connectivity index (χ4n) is 4.20. The third-order valence-corrected chi connectivity index (χ3v) is 6.32. The number of aliphatic hydroxyl groups is 2. The van der Waals surface area contributed by atoms with Gasteiger partial charge in [-0.25, -0.2) is 0 Å². The Kier molecular flexibility index (Phi) is 17.4. The van der Waals surface area contributed by atoms with Crippen molar-refractivity contribution in [3.63, 3.8) is 0 Å². The number of likely N-dealkylation sites (tertiary alicyclic amines) is 1. The zero-order valence-corrected chi connectivity index (χ0v) is 21.9. The molecule has 0 aromatic carbocycles. The van der Waals surface area contributed by atoms with Gasteiger partial charge in [0.05, 0.1) is 31.8 Å². The molecule has 0 radical (unpaired) electrons. The van der Waals surface area contributed by atoms with Crippen molar-refractivity contribution in [2.24, 2.45) is 0 Å². The van der Waals surface area contributed by atoms with Gasteiger partial charge in [0.25, 0.3) is 0 Å². The summed E-state index contributed by atoms with van der Waals surface area (Å²) in [7, 11) is 0. The molecule has 0 aromatic rings. The van der Waals surface area contributed by atoms with Crippen LogP contribution >= 0.6 is 0 Å². The number of carbonyl (C=O) groups is 3. The number of unbranched alkanes of at least 4 members (excludes halogenated alkanes) is 10. The van der Waals surface area contributed by atoms with E-state index in [4.69, 9.17) is 9.47 Å². The predicted molar refractivity (Wildman–Crippen MR) is 134 cm³/mol. The lowest BCUT2D eigenvalue weighted by atomic mass is 10.1. The number of β-amino-alcohol motifs (C(OH)–C–C–N with tert-alkyl or cyclic N) is 2. The minimum atomic E-state index is -0.867. The average Bonchev–Trinajstić information content (AvgIpc) is 3.12. The molecular weight excluding hydrogens is 452 g/mol. The Labute approximate surface area is 211 Å². The molecule has 0 aromatic heterocycles. The van der Waals surface area contributed by atoms with E-state index in [1.165, 1.54) is 63.2 Å². The lowest BCUT2D eigenvalue weighted by molar-refractivity contribution is -0.147. The van der Waals surface area contributed by atoms with E-state index in [1.807, 2.05) is 0 Å². The van der Waals surface area contributed by atoms with E-state index >= 15 is 0 Å². The summed E-state index contributed by atoms with van der Waals surface area (Å²) in [5.41, 5.74) is 0. The molecule has 0 aliphatic carbocycles. The lowest BCUT2D eigenvalue weighted by Gasteiger charge is -2.25. The Balaban J connectivity index is 2.19. The number of hydrogen-bond acceptors (Lipinski definition) is 8. The van der Waals surface area contributed by atoms with Crippen LogP contribution < -0.4 is 0 Å². The maximum absolute atomic E-state index is 12.7. The molecule has 9 heteroatoms. The van der Waals surface area contributed by atoms with Crippen LogP contribution in [-0.2, 0) is 23.9 Å². The first kappa shape index (κ1) is 31.3.